The number of aromatic nitrogens is 2. The molecule has 24 heavy (non-hydrogen) atoms. The first-order valence-corrected chi connectivity index (χ1v) is 7.85. The van der Waals surface area contributed by atoms with Gasteiger partial charge in [-0.2, -0.15) is 0 Å². The molecule has 1 saturated heterocycles. The maximum Gasteiger partial charge on any atom is 0.322 e. The van der Waals surface area contributed by atoms with Gasteiger partial charge in [-0.15, -0.1) is 0 Å². The fraction of sp³-hybridized carbons (Fsp3) is 0.375. The van der Waals surface area contributed by atoms with Crippen molar-refractivity contribution in [3.63, 3.8) is 0 Å². The number of aryl methyl sites for hydroxylation is 1. The van der Waals surface area contributed by atoms with Gasteiger partial charge in [0.1, 0.15) is 11.9 Å². The van der Waals surface area contributed by atoms with Crippen LogP contribution in [0.15, 0.2) is 18.2 Å². The molecule has 1 aromatic carbocycles. The summed E-state index contributed by atoms with van der Waals surface area (Å²) in [5.74, 6) is 0.119. The Hall–Kier alpha value is -2.90. The van der Waals surface area contributed by atoms with Crippen molar-refractivity contribution in [3.8, 4) is 0 Å². The Morgan fingerprint density at radius 2 is 2.21 bits per heavy atom. The number of imide groups is 1. The standard InChI is InChI=1S/C16H19N5O3/c1-9-3-2-4-10-14(9)20-12(18-10)7-8-17-15(23)11-5-6-13(22)21-16(24)19-11/h2-4,11H,5-8H2,1H3,(H,17,23)(H,18,20)(H2,19,21,22,24). The van der Waals surface area contributed by atoms with E-state index in [1.165, 1.54) is 0 Å². The number of nitrogens with zero attached hydrogens (tertiary/aromatic N) is 1. The molecule has 126 valence electrons. The van der Waals surface area contributed by atoms with Crippen LogP contribution in [0.1, 0.15) is 24.2 Å². The molecule has 2 aromatic rings. The lowest BCUT2D eigenvalue weighted by molar-refractivity contribution is -0.123. The highest BCUT2D eigenvalue weighted by Crippen LogP contribution is 2.15. The minimum absolute atomic E-state index is 0.139. The fourth-order valence-corrected chi connectivity index (χ4v) is 2.70. The van der Waals surface area contributed by atoms with Crippen molar-refractivity contribution in [3.05, 3.63) is 29.6 Å². The molecule has 0 saturated carbocycles. The second-order valence-electron chi connectivity index (χ2n) is 5.81. The van der Waals surface area contributed by atoms with Crippen LogP contribution in [0.4, 0.5) is 4.79 Å². The molecular weight excluding hydrogens is 310 g/mol. The molecule has 0 spiro atoms. The van der Waals surface area contributed by atoms with Crippen molar-refractivity contribution in [1.82, 2.24) is 25.9 Å². The maximum atomic E-state index is 12.1. The monoisotopic (exact) mass is 329 g/mol. The lowest BCUT2D eigenvalue weighted by Crippen LogP contribution is -2.48. The van der Waals surface area contributed by atoms with Gasteiger partial charge in [-0.1, -0.05) is 12.1 Å². The number of carbonyl (C=O) groups excluding carboxylic acids is 3. The highest BCUT2D eigenvalue weighted by molar-refractivity contribution is 5.98. The van der Waals surface area contributed by atoms with E-state index in [1.807, 2.05) is 25.1 Å². The topological polar surface area (TPSA) is 116 Å². The van der Waals surface area contributed by atoms with Crippen molar-refractivity contribution < 1.29 is 14.4 Å². The summed E-state index contributed by atoms with van der Waals surface area (Å²) in [7, 11) is 0. The third-order valence-corrected chi connectivity index (χ3v) is 3.96. The van der Waals surface area contributed by atoms with Crippen LogP contribution in [0.2, 0.25) is 0 Å². The lowest BCUT2D eigenvalue weighted by Gasteiger charge is -2.14. The fourth-order valence-electron chi connectivity index (χ4n) is 2.70. The molecule has 1 aliphatic rings. The van der Waals surface area contributed by atoms with Crippen LogP contribution < -0.4 is 16.0 Å². The van der Waals surface area contributed by atoms with Gasteiger partial charge in [0, 0.05) is 19.4 Å². The number of imidazole rings is 1. The molecule has 8 heteroatoms. The van der Waals surface area contributed by atoms with Gasteiger partial charge in [-0.3, -0.25) is 14.9 Å². The van der Waals surface area contributed by atoms with E-state index in [-0.39, 0.29) is 24.7 Å². The molecule has 0 radical (unpaired) electrons. The normalized spacial score (nSPS) is 18.0. The van der Waals surface area contributed by atoms with Gasteiger partial charge in [0.2, 0.25) is 11.8 Å². The summed E-state index contributed by atoms with van der Waals surface area (Å²) in [6, 6.07) is 4.59. The lowest BCUT2D eigenvalue weighted by atomic mass is 10.1. The van der Waals surface area contributed by atoms with E-state index in [2.05, 4.69) is 25.9 Å². The number of H-pyrrole nitrogens is 1. The molecule has 1 atom stereocenters. The Balaban J connectivity index is 1.55. The van der Waals surface area contributed by atoms with Crippen molar-refractivity contribution in [2.45, 2.75) is 32.2 Å². The van der Waals surface area contributed by atoms with E-state index < -0.39 is 12.1 Å². The molecule has 8 nitrogen and oxygen atoms in total. The number of rotatable bonds is 4. The number of hydrogen-bond donors (Lipinski definition) is 4. The SMILES string of the molecule is Cc1cccc2[nH]c(CCNC(=O)C3CCC(=O)NC(=O)N3)nc12. The van der Waals surface area contributed by atoms with Gasteiger partial charge in [-0.05, 0) is 25.0 Å². The van der Waals surface area contributed by atoms with E-state index in [1.54, 1.807) is 0 Å². The summed E-state index contributed by atoms with van der Waals surface area (Å²) in [6.45, 7) is 2.39. The van der Waals surface area contributed by atoms with Crippen molar-refractivity contribution in [2.75, 3.05) is 6.54 Å². The number of urea groups is 1. The van der Waals surface area contributed by atoms with E-state index in [0.717, 1.165) is 22.4 Å². The number of carbonyl (C=O) groups is 3. The first-order chi connectivity index (χ1) is 11.5. The van der Waals surface area contributed by atoms with E-state index in [4.69, 9.17) is 0 Å². The average molecular weight is 329 g/mol. The Morgan fingerprint density at radius 3 is 3.00 bits per heavy atom. The summed E-state index contributed by atoms with van der Waals surface area (Å²) < 4.78 is 0. The zero-order valence-corrected chi connectivity index (χ0v) is 13.3. The second-order valence-corrected chi connectivity index (χ2v) is 5.81. The molecule has 0 aliphatic carbocycles. The summed E-state index contributed by atoms with van der Waals surface area (Å²) in [5, 5.41) is 7.40. The molecule has 2 heterocycles. The van der Waals surface area contributed by atoms with Crippen LogP contribution in [-0.2, 0) is 16.0 Å². The Morgan fingerprint density at radius 1 is 1.38 bits per heavy atom. The van der Waals surface area contributed by atoms with E-state index >= 15 is 0 Å². The summed E-state index contributed by atoms with van der Waals surface area (Å²) in [5.41, 5.74) is 2.99. The number of benzene rings is 1. The third kappa shape index (κ3) is 3.53. The van der Waals surface area contributed by atoms with Crippen LogP contribution >= 0.6 is 0 Å². The highest BCUT2D eigenvalue weighted by atomic mass is 16.2. The van der Waals surface area contributed by atoms with Crippen LogP contribution in [0, 0.1) is 6.92 Å². The minimum Gasteiger partial charge on any atom is -0.354 e. The van der Waals surface area contributed by atoms with Crippen LogP contribution in [-0.4, -0.2) is 40.4 Å². The maximum absolute atomic E-state index is 12.1. The third-order valence-electron chi connectivity index (χ3n) is 3.96. The van der Waals surface area contributed by atoms with E-state index in [9.17, 15) is 14.4 Å². The quantitative estimate of drug-likeness (QED) is 0.654. The van der Waals surface area contributed by atoms with Crippen LogP contribution in [0.5, 0.6) is 0 Å². The number of nitrogens with one attached hydrogen (secondary N) is 4. The predicted octanol–water partition coefficient (Wildman–Crippen LogP) is 0.518. The van der Waals surface area contributed by atoms with Crippen molar-refractivity contribution >= 4 is 28.9 Å². The number of para-hydroxylation sites is 1. The van der Waals surface area contributed by atoms with Gasteiger partial charge in [0.05, 0.1) is 11.0 Å². The van der Waals surface area contributed by atoms with Crippen LogP contribution in [0.25, 0.3) is 11.0 Å². The predicted molar refractivity (Wildman–Crippen MR) is 87.2 cm³/mol. The Kier molecular flexibility index (Phi) is 4.45. The van der Waals surface area contributed by atoms with E-state index in [0.29, 0.717) is 13.0 Å². The van der Waals surface area contributed by atoms with Gasteiger partial charge < -0.3 is 15.6 Å². The largest absolute Gasteiger partial charge is 0.354 e. The Labute approximate surface area is 138 Å². The molecule has 1 fully saturated rings. The number of hydrogen-bond acceptors (Lipinski definition) is 4. The molecule has 0 bridgehead atoms. The smallest absolute Gasteiger partial charge is 0.322 e. The molecule has 1 aliphatic heterocycles. The molecule has 4 amide bonds. The average Bonchev–Trinajstić information content (AvgIpc) is 2.87. The second kappa shape index (κ2) is 6.69. The minimum atomic E-state index is -0.700. The summed E-state index contributed by atoms with van der Waals surface area (Å²) in [6.07, 6.45) is 0.977. The molecule has 4 N–H and O–H groups in total. The van der Waals surface area contributed by atoms with Gasteiger partial charge in [0.25, 0.3) is 0 Å². The van der Waals surface area contributed by atoms with Crippen LogP contribution in [0.3, 0.4) is 0 Å². The van der Waals surface area contributed by atoms with Gasteiger partial charge in [-0.25, -0.2) is 9.78 Å². The zero-order chi connectivity index (χ0) is 17.1. The number of fused-ring (bicyclic) bond motifs is 1. The first-order valence-electron chi connectivity index (χ1n) is 7.85. The van der Waals surface area contributed by atoms with Gasteiger partial charge >= 0.3 is 6.03 Å². The number of amides is 4. The Bertz CT molecular complexity index is 798. The van der Waals surface area contributed by atoms with Crippen molar-refractivity contribution in [1.29, 1.82) is 0 Å². The highest BCUT2D eigenvalue weighted by Gasteiger charge is 2.25. The zero-order valence-electron chi connectivity index (χ0n) is 13.3. The number of aromatic amines is 1. The molecule has 3 rings (SSSR count). The van der Waals surface area contributed by atoms with Gasteiger partial charge in [0.15, 0.2) is 0 Å². The molecular formula is C16H19N5O3. The molecule has 1 aromatic heterocycles. The summed E-state index contributed by atoms with van der Waals surface area (Å²) >= 11 is 0. The molecule has 1 unspecified atom stereocenters. The summed E-state index contributed by atoms with van der Waals surface area (Å²) in [4.78, 5) is 42.5. The van der Waals surface area contributed by atoms with Crippen molar-refractivity contribution in [2.24, 2.45) is 0 Å². The first kappa shape index (κ1) is 16.0.